The van der Waals surface area contributed by atoms with Crippen LogP contribution >= 0.6 is 11.3 Å². The summed E-state index contributed by atoms with van der Waals surface area (Å²) in [5.74, 6) is 0.956. The van der Waals surface area contributed by atoms with Crippen molar-refractivity contribution in [3.05, 3.63) is 16.3 Å². The highest BCUT2D eigenvalue weighted by molar-refractivity contribution is 7.20. The Morgan fingerprint density at radius 2 is 2.11 bits per heavy atom. The second kappa shape index (κ2) is 6.68. The number of carbonyl (C=O) groups excluding carboxylic acids is 1. The third-order valence-electron chi connectivity index (χ3n) is 5.68. The quantitative estimate of drug-likeness (QED) is 0.723. The topological polar surface area (TPSA) is 79.8 Å². The number of aromatic nitrogens is 2. The Morgan fingerprint density at radius 1 is 1.33 bits per heavy atom. The van der Waals surface area contributed by atoms with E-state index in [9.17, 15) is 4.79 Å². The van der Waals surface area contributed by atoms with Crippen molar-refractivity contribution in [2.75, 3.05) is 20.8 Å². The summed E-state index contributed by atoms with van der Waals surface area (Å²) < 4.78 is 22.3. The van der Waals surface area contributed by atoms with Crippen molar-refractivity contribution in [2.45, 2.75) is 46.0 Å². The Balaban J connectivity index is 1.65. The number of carbonyl (C=O) groups is 1. The maximum Gasteiger partial charge on any atom is 0.348 e. The first-order valence-corrected chi connectivity index (χ1v) is 9.85. The average molecular weight is 392 g/mol. The predicted molar refractivity (Wildman–Crippen MR) is 100 cm³/mol. The van der Waals surface area contributed by atoms with Crippen LogP contribution in [0.1, 0.15) is 41.3 Å². The van der Waals surface area contributed by atoms with Gasteiger partial charge in [-0.1, -0.05) is 13.8 Å². The number of ether oxygens (including phenoxy) is 4. The summed E-state index contributed by atoms with van der Waals surface area (Å²) in [6, 6.07) is 0. The first-order chi connectivity index (χ1) is 12.9. The van der Waals surface area contributed by atoms with Crippen LogP contribution in [0.5, 0.6) is 5.88 Å². The zero-order chi connectivity index (χ0) is 19.3. The molecule has 1 aliphatic heterocycles. The molecule has 0 bridgehead atoms. The zero-order valence-corrected chi connectivity index (χ0v) is 17.0. The van der Waals surface area contributed by atoms with Gasteiger partial charge >= 0.3 is 5.97 Å². The molecule has 3 unspecified atom stereocenters. The van der Waals surface area contributed by atoms with Gasteiger partial charge in [0.1, 0.15) is 22.4 Å². The van der Waals surface area contributed by atoms with Crippen molar-refractivity contribution in [1.29, 1.82) is 0 Å². The summed E-state index contributed by atoms with van der Waals surface area (Å²) in [6.07, 6.45) is 0.998. The van der Waals surface area contributed by atoms with Crippen molar-refractivity contribution in [3.63, 3.8) is 0 Å². The van der Waals surface area contributed by atoms with Gasteiger partial charge in [-0.3, -0.25) is 0 Å². The van der Waals surface area contributed by atoms with Crippen LogP contribution in [0.25, 0.3) is 10.2 Å². The molecule has 8 heteroatoms. The van der Waals surface area contributed by atoms with Gasteiger partial charge < -0.3 is 18.9 Å². The van der Waals surface area contributed by atoms with E-state index in [4.69, 9.17) is 18.9 Å². The summed E-state index contributed by atoms with van der Waals surface area (Å²) >= 11 is 1.31. The third-order valence-corrected chi connectivity index (χ3v) is 6.85. The molecule has 0 spiro atoms. The second-order valence-electron chi connectivity index (χ2n) is 7.71. The van der Waals surface area contributed by atoms with Gasteiger partial charge in [-0.05, 0) is 18.9 Å². The maximum atomic E-state index is 13.0. The minimum Gasteiger partial charge on any atom is -0.480 e. The molecule has 2 fully saturated rings. The lowest BCUT2D eigenvalue weighted by Gasteiger charge is -2.53. The summed E-state index contributed by atoms with van der Waals surface area (Å²) in [7, 11) is 3.15. The lowest BCUT2D eigenvalue weighted by atomic mass is 9.59. The van der Waals surface area contributed by atoms with Gasteiger partial charge in [0.25, 0.3) is 0 Å². The number of thiophene rings is 1. The number of fused-ring (bicyclic) bond motifs is 2. The predicted octanol–water partition coefficient (Wildman–Crippen LogP) is 3.13. The molecule has 0 radical (unpaired) electrons. The number of rotatable bonds is 5. The molecule has 27 heavy (non-hydrogen) atoms. The van der Waals surface area contributed by atoms with Crippen LogP contribution in [0.4, 0.5) is 0 Å². The van der Waals surface area contributed by atoms with Gasteiger partial charge in [0, 0.05) is 25.0 Å². The van der Waals surface area contributed by atoms with E-state index in [0.29, 0.717) is 27.3 Å². The van der Waals surface area contributed by atoms with Crippen LogP contribution in [0.15, 0.2) is 0 Å². The fraction of sp³-hybridized carbons (Fsp3) is 0.632. The Labute approximate surface area is 162 Å². The van der Waals surface area contributed by atoms with Crippen LogP contribution < -0.4 is 4.74 Å². The van der Waals surface area contributed by atoms with E-state index in [1.807, 2.05) is 6.92 Å². The summed E-state index contributed by atoms with van der Waals surface area (Å²) in [6.45, 7) is 7.10. The molecule has 0 amide bonds. The summed E-state index contributed by atoms with van der Waals surface area (Å²) in [5.41, 5.74) is 0.627. The highest BCUT2D eigenvalue weighted by atomic mass is 32.1. The van der Waals surface area contributed by atoms with Crippen molar-refractivity contribution in [3.8, 4) is 5.88 Å². The fourth-order valence-corrected chi connectivity index (χ4v) is 5.44. The standard InChI is InChI=1S/C19H24N2O5S/c1-9-12-16(24-5)20-11(8-23-4)21-17(12)27-13(9)18(22)26-15-10-6-7-25-14(10)19(15,2)3/h10,14-15H,6-8H2,1-5H3. The molecule has 3 heterocycles. The number of hydrogen-bond donors (Lipinski definition) is 0. The van der Waals surface area contributed by atoms with Crippen LogP contribution in [-0.4, -0.2) is 49.0 Å². The first kappa shape index (κ1) is 18.6. The molecule has 1 saturated heterocycles. The molecule has 1 saturated carbocycles. The minimum atomic E-state index is -0.311. The van der Waals surface area contributed by atoms with Gasteiger partial charge in [0.2, 0.25) is 5.88 Å². The third kappa shape index (κ3) is 2.81. The van der Waals surface area contributed by atoms with E-state index in [1.165, 1.54) is 11.3 Å². The Kier molecular flexibility index (Phi) is 4.60. The van der Waals surface area contributed by atoms with E-state index >= 15 is 0 Å². The zero-order valence-electron chi connectivity index (χ0n) is 16.2. The summed E-state index contributed by atoms with van der Waals surface area (Å²) in [4.78, 5) is 23.1. The molecule has 4 rings (SSSR count). The highest BCUT2D eigenvalue weighted by Gasteiger charge is 2.61. The molecule has 1 aliphatic carbocycles. The van der Waals surface area contributed by atoms with Gasteiger partial charge in [0.15, 0.2) is 5.82 Å². The van der Waals surface area contributed by atoms with Gasteiger partial charge in [-0.15, -0.1) is 11.3 Å². The largest absolute Gasteiger partial charge is 0.480 e. The van der Waals surface area contributed by atoms with Gasteiger partial charge in [-0.25, -0.2) is 9.78 Å². The molecule has 2 aromatic heterocycles. The van der Waals surface area contributed by atoms with Crippen molar-refractivity contribution >= 4 is 27.5 Å². The van der Waals surface area contributed by atoms with E-state index in [-0.39, 0.29) is 30.2 Å². The van der Waals surface area contributed by atoms with Crippen molar-refractivity contribution in [2.24, 2.45) is 11.3 Å². The molecular formula is C19H24N2O5S. The SMILES string of the molecule is COCc1nc(OC)c2c(C)c(C(=O)OC3C4CCOC4C3(C)C)sc2n1. The monoisotopic (exact) mass is 392 g/mol. The van der Waals surface area contributed by atoms with E-state index in [1.54, 1.807) is 14.2 Å². The first-order valence-electron chi connectivity index (χ1n) is 9.04. The van der Waals surface area contributed by atoms with Crippen molar-refractivity contribution < 1.29 is 23.7 Å². The van der Waals surface area contributed by atoms with Crippen LogP contribution in [-0.2, 0) is 20.8 Å². The normalized spacial score (nSPS) is 25.9. The van der Waals surface area contributed by atoms with E-state index < -0.39 is 0 Å². The minimum absolute atomic E-state index is 0.126. The van der Waals surface area contributed by atoms with Crippen LogP contribution in [0.2, 0.25) is 0 Å². The molecular weight excluding hydrogens is 368 g/mol. The number of hydrogen-bond acceptors (Lipinski definition) is 8. The molecule has 7 nitrogen and oxygen atoms in total. The molecule has 0 aromatic carbocycles. The van der Waals surface area contributed by atoms with Crippen molar-refractivity contribution in [1.82, 2.24) is 9.97 Å². The molecule has 0 N–H and O–H groups in total. The van der Waals surface area contributed by atoms with Crippen LogP contribution in [0, 0.1) is 18.3 Å². The second-order valence-corrected chi connectivity index (χ2v) is 8.71. The Bertz CT molecular complexity index is 894. The smallest absolute Gasteiger partial charge is 0.348 e. The fourth-order valence-electron chi connectivity index (χ4n) is 4.37. The summed E-state index contributed by atoms with van der Waals surface area (Å²) in [5, 5.41) is 0.754. The highest BCUT2D eigenvalue weighted by Crippen LogP contribution is 2.54. The maximum absolute atomic E-state index is 13.0. The van der Waals surface area contributed by atoms with Crippen LogP contribution in [0.3, 0.4) is 0 Å². The van der Waals surface area contributed by atoms with Gasteiger partial charge in [-0.2, -0.15) is 4.98 Å². The molecule has 2 aromatic rings. The van der Waals surface area contributed by atoms with E-state index in [0.717, 1.165) is 24.0 Å². The lowest BCUT2D eigenvalue weighted by Crippen LogP contribution is -2.61. The molecule has 146 valence electrons. The average Bonchev–Trinajstić information content (AvgIpc) is 3.23. The van der Waals surface area contributed by atoms with E-state index in [2.05, 4.69) is 23.8 Å². The number of esters is 1. The lowest BCUT2D eigenvalue weighted by molar-refractivity contribution is -0.183. The Morgan fingerprint density at radius 3 is 2.81 bits per heavy atom. The molecule has 2 aliphatic rings. The molecule has 3 atom stereocenters. The Hall–Kier alpha value is -1.77. The number of nitrogens with zero attached hydrogens (tertiary/aromatic N) is 2. The number of aryl methyl sites for hydroxylation is 1. The number of methoxy groups -OCH3 is 2. The van der Waals surface area contributed by atoms with Gasteiger partial charge in [0.05, 0.1) is 18.6 Å².